The average molecular weight is 274 g/mol. The highest BCUT2D eigenvalue weighted by atomic mass is 16.5. The van der Waals surface area contributed by atoms with Crippen LogP contribution in [0.15, 0.2) is 0 Å². The van der Waals surface area contributed by atoms with E-state index in [1.807, 2.05) is 6.92 Å². The van der Waals surface area contributed by atoms with Gasteiger partial charge in [-0.25, -0.2) is 4.79 Å². The van der Waals surface area contributed by atoms with E-state index < -0.39 is 12.0 Å². The zero-order chi connectivity index (χ0) is 14.3. The van der Waals surface area contributed by atoms with Crippen LogP contribution in [0.2, 0.25) is 0 Å². The predicted molar refractivity (Wildman–Crippen MR) is 68.1 cm³/mol. The van der Waals surface area contributed by atoms with Gasteiger partial charge in [0, 0.05) is 13.7 Å². The molecule has 0 saturated carbocycles. The molecule has 0 radical (unpaired) electrons. The Hall–Kier alpha value is -1.34. The second kappa shape index (κ2) is 7.96. The van der Waals surface area contributed by atoms with Crippen LogP contribution in [-0.2, 0) is 14.3 Å². The van der Waals surface area contributed by atoms with Crippen LogP contribution in [0.25, 0.3) is 0 Å². The number of nitrogens with one attached hydrogen (secondary N) is 1. The first-order valence-corrected chi connectivity index (χ1v) is 6.44. The van der Waals surface area contributed by atoms with E-state index >= 15 is 0 Å². The van der Waals surface area contributed by atoms with E-state index in [1.165, 1.54) is 4.90 Å². The lowest BCUT2D eigenvalue weighted by molar-refractivity contribution is -0.139. The maximum absolute atomic E-state index is 12.1. The van der Waals surface area contributed by atoms with Crippen LogP contribution in [0.3, 0.4) is 0 Å². The molecule has 1 aliphatic rings. The van der Waals surface area contributed by atoms with Gasteiger partial charge in [0.1, 0.15) is 0 Å². The van der Waals surface area contributed by atoms with Gasteiger partial charge in [0.05, 0.1) is 38.3 Å². The van der Waals surface area contributed by atoms with Crippen molar-refractivity contribution in [2.75, 3.05) is 33.5 Å². The molecular weight excluding hydrogens is 252 g/mol. The number of ether oxygens (including phenoxy) is 2. The number of aliphatic carboxylic acids is 1. The van der Waals surface area contributed by atoms with E-state index in [0.29, 0.717) is 19.8 Å². The summed E-state index contributed by atoms with van der Waals surface area (Å²) in [5, 5.41) is 11.7. The molecule has 2 atom stereocenters. The summed E-state index contributed by atoms with van der Waals surface area (Å²) in [6.07, 6.45) is 0.655. The molecule has 7 nitrogen and oxygen atoms in total. The summed E-state index contributed by atoms with van der Waals surface area (Å²) in [4.78, 5) is 24.5. The molecule has 0 aliphatic carbocycles. The van der Waals surface area contributed by atoms with Gasteiger partial charge in [-0.1, -0.05) is 6.92 Å². The Morgan fingerprint density at radius 2 is 2.32 bits per heavy atom. The van der Waals surface area contributed by atoms with Crippen molar-refractivity contribution in [3.63, 3.8) is 0 Å². The zero-order valence-corrected chi connectivity index (χ0v) is 11.4. The summed E-state index contributed by atoms with van der Waals surface area (Å²) in [7, 11) is 1.58. The SMILES string of the molecule is CCC(COC)NC(=O)N1CCOCC1CC(=O)O. The van der Waals surface area contributed by atoms with E-state index in [4.69, 9.17) is 14.6 Å². The van der Waals surface area contributed by atoms with Crippen molar-refractivity contribution in [2.45, 2.75) is 31.8 Å². The summed E-state index contributed by atoms with van der Waals surface area (Å²) in [5.41, 5.74) is 0. The third-order valence-electron chi connectivity index (χ3n) is 3.09. The minimum atomic E-state index is -0.933. The molecule has 19 heavy (non-hydrogen) atoms. The van der Waals surface area contributed by atoms with Crippen LogP contribution >= 0.6 is 0 Å². The van der Waals surface area contributed by atoms with Crippen LogP contribution in [0.1, 0.15) is 19.8 Å². The molecular formula is C12H22N2O5. The van der Waals surface area contributed by atoms with Crippen molar-refractivity contribution in [1.82, 2.24) is 10.2 Å². The van der Waals surface area contributed by atoms with Crippen molar-refractivity contribution in [2.24, 2.45) is 0 Å². The molecule has 0 bridgehead atoms. The van der Waals surface area contributed by atoms with E-state index in [0.717, 1.165) is 6.42 Å². The number of carbonyl (C=O) groups excluding carboxylic acids is 1. The molecule has 110 valence electrons. The van der Waals surface area contributed by atoms with Crippen molar-refractivity contribution in [3.05, 3.63) is 0 Å². The number of carbonyl (C=O) groups is 2. The Morgan fingerprint density at radius 1 is 1.58 bits per heavy atom. The number of rotatable bonds is 6. The molecule has 2 N–H and O–H groups in total. The molecule has 0 aromatic carbocycles. The van der Waals surface area contributed by atoms with E-state index in [2.05, 4.69) is 5.32 Å². The fourth-order valence-corrected chi connectivity index (χ4v) is 2.01. The number of methoxy groups -OCH3 is 1. The number of urea groups is 1. The average Bonchev–Trinajstić information content (AvgIpc) is 2.38. The topological polar surface area (TPSA) is 88.1 Å². The van der Waals surface area contributed by atoms with Gasteiger partial charge >= 0.3 is 12.0 Å². The summed E-state index contributed by atoms with van der Waals surface area (Å²) in [5.74, 6) is -0.933. The fraction of sp³-hybridized carbons (Fsp3) is 0.833. The Balaban J connectivity index is 2.58. The normalized spacial score (nSPS) is 20.9. The van der Waals surface area contributed by atoms with Crippen molar-refractivity contribution in [1.29, 1.82) is 0 Å². The quantitative estimate of drug-likeness (QED) is 0.727. The maximum atomic E-state index is 12.1. The van der Waals surface area contributed by atoms with Gasteiger partial charge in [-0.05, 0) is 6.42 Å². The Labute approximate surface area is 112 Å². The van der Waals surface area contributed by atoms with Crippen LogP contribution < -0.4 is 5.32 Å². The first kappa shape index (κ1) is 15.7. The molecule has 0 spiro atoms. The van der Waals surface area contributed by atoms with Crippen molar-refractivity contribution >= 4 is 12.0 Å². The minimum Gasteiger partial charge on any atom is -0.481 e. The van der Waals surface area contributed by atoms with Crippen LogP contribution in [-0.4, -0.2) is 67.6 Å². The van der Waals surface area contributed by atoms with Crippen molar-refractivity contribution in [3.8, 4) is 0 Å². The summed E-state index contributed by atoms with van der Waals surface area (Å²) >= 11 is 0. The van der Waals surface area contributed by atoms with Crippen LogP contribution in [0, 0.1) is 0 Å². The maximum Gasteiger partial charge on any atom is 0.318 e. The highest BCUT2D eigenvalue weighted by Crippen LogP contribution is 2.11. The molecule has 1 rings (SSSR count). The van der Waals surface area contributed by atoms with Gasteiger partial charge in [0.2, 0.25) is 0 Å². The molecule has 1 saturated heterocycles. The van der Waals surface area contributed by atoms with Gasteiger partial charge in [0.15, 0.2) is 0 Å². The highest BCUT2D eigenvalue weighted by molar-refractivity contribution is 5.76. The predicted octanol–water partition coefficient (Wildman–Crippen LogP) is 0.297. The molecule has 7 heteroatoms. The number of amides is 2. The van der Waals surface area contributed by atoms with Crippen molar-refractivity contribution < 1.29 is 24.2 Å². The fourth-order valence-electron chi connectivity index (χ4n) is 2.01. The second-order valence-electron chi connectivity index (χ2n) is 4.53. The second-order valence-corrected chi connectivity index (χ2v) is 4.53. The molecule has 1 heterocycles. The third kappa shape index (κ3) is 5.04. The Morgan fingerprint density at radius 3 is 2.89 bits per heavy atom. The van der Waals surface area contributed by atoms with Gasteiger partial charge in [-0.15, -0.1) is 0 Å². The standard InChI is InChI=1S/C12H22N2O5/c1-3-9(7-18-2)13-12(17)14-4-5-19-8-10(14)6-11(15)16/h9-10H,3-8H2,1-2H3,(H,13,17)(H,15,16). The van der Waals surface area contributed by atoms with E-state index in [1.54, 1.807) is 7.11 Å². The largest absolute Gasteiger partial charge is 0.481 e. The zero-order valence-electron chi connectivity index (χ0n) is 11.4. The lowest BCUT2D eigenvalue weighted by atomic mass is 10.1. The number of morpholine rings is 1. The molecule has 1 fully saturated rings. The Bertz CT molecular complexity index is 310. The number of carboxylic acid groups (broad SMARTS) is 1. The Kier molecular flexibility index (Phi) is 6.58. The first-order valence-electron chi connectivity index (χ1n) is 6.44. The lowest BCUT2D eigenvalue weighted by Crippen LogP contribution is -2.55. The summed E-state index contributed by atoms with van der Waals surface area (Å²) in [6.45, 7) is 3.51. The number of hydrogen-bond donors (Lipinski definition) is 2. The van der Waals surface area contributed by atoms with Gasteiger partial charge in [0.25, 0.3) is 0 Å². The van der Waals surface area contributed by atoms with Crippen LogP contribution in [0.5, 0.6) is 0 Å². The summed E-state index contributed by atoms with van der Waals surface area (Å²) in [6, 6.07) is -0.726. The van der Waals surface area contributed by atoms with E-state index in [9.17, 15) is 9.59 Å². The highest BCUT2D eigenvalue weighted by Gasteiger charge is 2.29. The monoisotopic (exact) mass is 274 g/mol. The van der Waals surface area contributed by atoms with Crippen LogP contribution in [0.4, 0.5) is 4.79 Å². The minimum absolute atomic E-state index is 0.0641. The smallest absolute Gasteiger partial charge is 0.318 e. The molecule has 0 aromatic heterocycles. The number of nitrogens with zero attached hydrogens (tertiary/aromatic N) is 1. The number of carboxylic acids is 1. The van der Waals surface area contributed by atoms with E-state index in [-0.39, 0.29) is 25.1 Å². The first-order chi connectivity index (χ1) is 9.08. The lowest BCUT2D eigenvalue weighted by Gasteiger charge is -2.35. The molecule has 0 aromatic rings. The molecule has 2 unspecified atom stereocenters. The third-order valence-corrected chi connectivity index (χ3v) is 3.09. The van der Waals surface area contributed by atoms with Gasteiger partial charge in [-0.2, -0.15) is 0 Å². The van der Waals surface area contributed by atoms with Gasteiger partial charge in [-0.3, -0.25) is 4.79 Å². The molecule has 2 amide bonds. The molecule has 1 aliphatic heterocycles. The number of hydrogen-bond acceptors (Lipinski definition) is 4. The summed E-state index contributed by atoms with van der Waals surface area (Å²) < 4.78 is 10.3. The van der Waals surface area contributed by atoms with Gasteiger partial charge < -0.3 is 24.8 Å².